The van der Waals surface area contributed by atoms with Gasteiger partial charge in [-0.2, -0.15) is 51.3 Å². The fraction of sp³-hybridized carbons (Fsp3) is 0.370. The van der Waals surface area contributed by atoms with Gasteiger partial charge in [-0.15, -0.1) is 0 Å². The van der Waals surface area contributed by atoms with E-state index in [1.54, 1.807) is 6.07 Å². The van der Waals surface area contributed by atoms with Crippen molar-refractivity contribution < 1.29 is 26.3 Å². The van der Waals surface area contributed by atoms with E-state index in [1.807, 2.05) is 24.1 Å². The van der Waals surface area contributed by atoms with Gasteiger partial charge >= 0.3 is 12.4 Å². The van der Waals surface area contributed by atoms with Gasteiger partial charge in [-0.25, -0.2) is 15.0 Å². The second-order valence-corrected chi connectivity index (χ2v) is 10.8. The number of halogens is 6. The Morgan fingerprint density at radius 1 is 0.800 bits per heavy atom. The van der Waals surface area contributed by atoms with Gasteiger partial charge in [0.2, 0.25) is 23.5 Å². The molecule has 0 spiro atoms. The van der Waals surface area contributed by atoms with Gasteiger partial charge in [0.1, 0.15) is 6.04 Å². The van der Waals surface area contributed by atoms with Crippen molar-refractivity contribution in [1.29, 1.82) is 0 Å². The molecule has 0 radical (unpaired) electrons. The Hall–Kier alpha value is -4.87. The van der Waals surface area contributed by atoms with Crippen LogP contribution in [-0.2, 0) is 18.8 Å². The zero-order valence-corrected chi connectivity index (χ0v) is 23.5. The van der Waals surface area contributed by atoms with E-state index in [9.17, 15) is 26.3 Å². The maximum atomic E-state index is 13.7. The Balaban J connectivity index is 1.36. The maximum Gasteiger partial charge on any atom is 0.451 e. The van der Waals surface area contributed by atoms with Crippen LogP contribution in [0.15, 0.2) is 43.0 Å². The molecule has 7 rings (SSSR count). The highest BCUT2D eigenvalue weighted by molar-refractivity contribution is 5.87. The Labute approximate surface area is 250 Å². The molecular formula is C27H24F6N12. The molecule has 6 heterocycles. The Morgan fingerprint density at radius 2 is 1.44 bits per heavy atom. The lowest BCUT2D eigenvalue weighted by Crippen LogP contribution is -2.45. The van der Waals surface area contributed by atoms with Crippen LogP contribution in [0.25, 0.3) is 16.6 Å². The molecule has 1 atom stereocenters. The molecule has 0 unspecified atom stereocenters. The van der Waals surface area contributed by atoms with Crippen LogP contribution in [0.4, 0.5) is 38.2 Å². The van der Waals surface area contributed by atoms with E-state index in [0.717, 1.165) is 24.0 Å². The third-order valence-electron chi connectivity index (χ3n) is 7.91. The van der Waals surface area contributed by atoms with Crippen LogP contribution in [0, 0.1) is 0 Å². The SMILES string of the molecule is CN1CCN(c2ncc([C@H]3c4[nH]c5ccc(-n6nccn6)cc5c4CCN3c3nc(C(F)(F)F)nc(C(F)(F)F)n3)cn2)CC1. The van der Waals surface area contributed by atoms with Crippen LogP contribution in [-0.4, -0.2) is 89.6 Å². The first-order chi connectivity index (χ1) is 21.5. The minimum Gasteiger partial charge on any atom is -0.356 e. The monoisotopic (exact) mass is 630 g/mol. The number of hydrogen-bond acceptors (Lipinski definition) is 10. The third-order valence-corrected chi connectivity index (χ3v) is 7.91. The van der Waals surface area contributed by atoms with E-state index >= 15 is 0 Å². The zero-order valence-electron chi connectivity index (χ0n) is 23.5. The van der Waals surface area contributed by atoms with Gasteiger partial charge in [-0.3, -0.25) is 0 Å². The quantitative estimate of drug-likeness (QED) is 0.295. The summed E-state index contributed by atoms with van der Waals surface area (Å²) < 4.78 is 82.3. The average Bonchev–Trinajstić information content (AvgIpc) is 3.68. The summed E-state index contributed by atoms with van der Waals surface area (Å²) in [6, 6.07) is 4.53. The molecule has 5 aromatic rings. The van der Waals surface area contributed by atoms with Crippen LogP contribution in [0.5, 0.6) is 0 Å². The van der Waals surface area contributed by atoms with E-state index in [1.165, 1.54) is 34.5 Å². The predicted molar refractivity (Wildman–Crippen MR) is 148 cm³/mol. The molecule has 2 aliphatic rings. The van der Waals surface area contributed by atoms with Crippen LogP contribution >= 0.6 is 0 Å². The molecule has 0 saturated carbocycles. The Morgan fingerprint density at radius 3 is 2.07 bits per heavy atom. The molecule has 0 amide bonds. The van der Waals surface area contributed by atoms with Gasteiger partial charge < -0.3 is 19.7 Å². The lowest BCUT2D eigenvalue weighted by atomic mass is 9.94. The number of likely N-dealkylation sites (N-methyl/N-ethyl adjacent to an activating group) is 1. The maximum absolute atomic E-state index is 13.7. The number of piperazine rings is 1. The smallest absolute Gasteiger partial charge is 0.356 e. The molecule has 1 saturated heterocycles. The number of aromatic nitrogens is 9. The molecule has 234 valence electrons. The molecule has 1 N–H and O–H groups in total. The van der Waals surface area contributed by atoms with Gasteiger partial charge in [-0.1, -0.05) is 0 Å². The van der Waals surface area contributed by atoms with Gasteiger partial charge in [0.15, 0.2) is 0 Å². The number of H-pyrrole nitrogens is 1. The van der Waals surface area contributed by atoms with Crippen molar-refractivity contribution in [2.45, 2.75) is 24.8 Å². The number of benzene rings is 1. The molecule has 2 aliphatic heterocycles. The largest absolute Gasteiger partial charge is 0.451 e. The second kappa shape index (κ2) is 10.6. The number of nitrogens with zero attached hydrogens (tertiary/aromatic N) is 11. The van der Waals surface area contributed by atoms with Gasteiger partial charge in [0, 0.05) is 67.3 Å². The number of rotatable bonds is 4. The lowest BCUT2D eigenvalue weighted by Gasteiger charge is -2.36. The summed E-state index contributed by atoms with van der Waals surface area (Å²) in [4.78, 5) is 29.0. The van der Waals surface area contributed by atoms with Crippen LogP contribution in [0.3, 0.4) is 0 Å². The van der Waals surface area contributed by atoms with E-state index in [0.29, 0.717) is 41.5 Å². The summed E-state index contributed by atoms with van der Waals surface area (Å²) in [6.45, 7) is 3.04. The van der Waals surface area contributed by atoms with Gasteiger partial charge in [0.05, 0.1) is 18.1 Å². The highest BCUT2D eigenvalue weighted by Gasteiger charge is 2.43. The van der Waals surface area contributed by atoms with Gasteiger partial charge in [-0.05, 0) is 37.2 Å². The van der Waals surface area contributed by atoms with Gasteiger partial charge in [0.25, 0.3) is 0 Å². The number of hydrogen-bond donors (Lipinski definition) is 1. The normalized spacial score (nSPS) is 18.1. The molecule has 45 heavy (non-hydrogen) atoms. The highest BCUT2D eigenvalue weighted by atomic mass is 19.4. The Bertz CT molecular complexity index is 1790. The molecule has 12 nitrogen and oxygen atoms in total. The number of aromatic amines is 1. The van der Waals surface area contributed by atoms with Crippen molar-refractivity contribution in [1.82, 2.24) is 49.8 Å². The standard InChI is InChI=1S/C27H24F6N12/c1-42-8-10-43(11-9-42)24-34-13-15(14-35-24)21-20-17(18-12-16(2-3-19(18)38-20)45-36-5-6-37-45)4-7-44(21)25-40-22(26(28,29)30)39-23(41-25)27(31,32)33/h2-3,5-6,12-14,21,38H,4,7-11H2,1H3/t21-/m0/s1. The minimum atomic E-state index is -5.24. The summed E-state index contributed by atoms with van der Waals surface area (Å²) in [7, 11) is 2.01. The third kappa shape index (κ3) is 5.38. The molecule has 4 aromatic heterocycles. The molecule has 18 heteroatoms. The first-order valence-electron chi connectivity index (χ1n) is 13.9. The van der Waals surface area contributed by atoms with Crippen molar-refractivity contribution in [3.63, 3.8) is 0 Å². The van der Waals surface area contributed by atoms with Crippen molar-refractivity contribution in [2.24, 2.45) is 0 Å². The van der Waals surface area contributed by atoms with E-state index in [-0.39, 0.29) is 13.0 Å². The Kier molecular flexibility index (Phi) is 6.83. The minimum absolute atomic E-state index is 0.00626. The van der Waals surface area contributed by atoms with Crippen molar-refractivity contribution >= 4 is 22.8 Å². The van der Waals surface area contributed by atoms with Crippen molar-refractivity contribution in [2.75, 3.05) is 49.6 Å². The number of fused-ring (bicyclic) bond motifs is 3. The van der Waals surface area contributed by atoms with Crippen molar-refractivity contribution in [3.8, 4) is 5.69 Å². The molecule has 1 fully saturated rings. The molecule has 0 aliphatic carbocycles. The van der Waals surface area contributed by atoms with Crippen LogP contribution < -0.4 is 9.80 Å². The second-order valence-electron chi connectivity index (χ2n) is 10.8. The fourth-order valence-electron chi connectivity index (χ4n) is 5.70. The van der Waals surface area contributed by atoms with Crippen molar-refractivity contribution in [3.05, 3.63) is 71.5 Å². The first kappa shape index (κ1) is 28.9. The molecular weight excluding hydrogens is 606 g/mol. The highest BCUT2D eigenvalue weighted by Crippen LogP contribution is 2.41. The summed E-state index contributed by atoms with van der Waals surface area (Å²) in [5.74, 6) is -4.15. The number of anilines is 2. The average molecular weight is 631 g/mol. The van der Waals surface area contributed by atoms with Crippen LogP contribution in [0.1, 0.15) is 34.5 Å². The first-order valence-corrected chi connectivity index (χ1v) is 13.9. The number of alkyl halides is 6. The predicted octanol–water partition coefficient (Wildman–Crippen LogP) is 3.67. The summed E-state index contributed by atoms with van der Waals surface area (Å²) >= 11 is 0. The summed E-state index contributed by atoms with van der Waals surface area (Å²) in [5, 5.41) is 9.14. The van der Waals surface area contributed by atoms with E-state index in [2.05, 4.69) is 45.0 Å². The summed E-state index contributed by atoms with van der Waals surface area (Å²) in [6.07, 6.45) is -4.07. The zero-order chi connectivity index (χ0) is 31.5. The number of nitrogens with one attached hydrogen (secondary N) is 1. The molecule has 0 bridgehead atoms. The fourth-order valence-corrected chi connectivity index (χ4v) is 5.70. The molecule has 1 aromatic carbocycles. The summed E-state index contributed by atoms with van der Waals surface area (Å²) in [5.41, 5.74) is 3.18. The van der Waals surface area contributed by atoms with E-state index < -0.39 is 36.0 Å². The topological polar surface area (TPSA) is 121 Å². The van der Waals surface area contributed by atoms with E-state index in [4.69, 9.17) is 0 Å². The lowest BCUT2D eigenvalue weighted by molar-refractivity contribution is -0.155. The van der Waals surface area contributed by atoms with Crippen LogP contribution in [0.2, 0.25) is 0 Å².